The third-order valence-electron chi connectivity index (χ3n) is 2.42. The van der Waals surface area contributed by atoms with Crippen LogP contribution in [0.25, 0.3) is 0 Å². The van der Waals surface area contributed by atoms with Crippen LogP contribution in [0.1, 0.15) is 6.42 Å². The van der Waals surface area contributed by atoms with Gasteiger partial charge in [0, 0.05) is 19.1 Å². The number of hydrogen-bond donors (Lipinski definition) is 1. The molecule has 1 fully saturated rings. The molecule has 1 rings (SSSR count). The summed E-state index contributed by atoms with van der Waals surface area (Å²) < 4.78 is 5.38. The summed E-state index contributed by atoms with van der Waals surface area (Å²) in [6.45, 7) is 4.63. The molecular weight excluding hydrogens is 184 g/mol. The molecule has 0 spiro atoms. The Kier molecular flexibility index (Phi) is 5.78. The summed E-state index contributed by atoms with van der Waals surface area (Å²) >= 11 is 1.91. The van der Waals surface area contributed by atoms with Gasteiger partial charge in [0.2, 0.25) is 0 Å². The molecule has 0 radical (unpaired) electrons. The Morgan fingerprint density at radius 3 is 3.15 bits per heavy atom. The lowest BCUT2D eigenvalue weighted by Crippen LogP contribution is -2.49. The third-order valence-corrected chi connectivity index (χ3v) is 3.11. The Bertz CT molecular complexity index is 135. The van der Waals surface area contributed by atoms with E-state index in [1.54, 1.807) is 0 Å². The van der Waals surface area contributed by atoms with Gasteiger partial charge in [-0.3, -0.25) is 4.90 Å². The van der Waals surface area contributed by atoms with Crippen molar-refractivity contribution in [1.29, 1.82) is 0 Å². The van der Waals surface area contributed by atoms with Crippen molar-refractivity contribution in [3.05, 3.63) is 0 Å². The van der Waals surface area contributed by atoms with Gasteiger partial charge in [-0.1, -0.05) is 0 Å². The molecule has 1 heterocycles. The van der Waals surface area contributed by atoms with Gasteiger partial charge in [-0.15, -0.1) is 0 Å². The topological polar surface area (TPSA) is 38.5 Å². The minimum Gasteiger partial charge on any atom is -0.378 e. The number of thioether (sulfide) groups is 1. The Morgan fingerprint density at radius 1 is 1.62 bits per heavy atom. The Labute approximate surface area is 85.0 Å². The van der Waals surface area contributed by atoms with Gasteiger partial charge in [-0.2, -0.15) is 11.8 Å². The van der Waals surface area contributed by atoms with E-state index in [4.69, 9.17) is 10.5 Å². The first kappa shape index (κ1) is 11.3. The second-order valence-corrected chi connectivity index (χ2v) is 4.33. The molecule has 0 aromatic heterocycles. The van der Waals surface area contributed by atoms with E-state index in [0.717, 1.165) is 26.3 Å². The maximum atomic E-state index is 5.67. The van der Waals surface area contributed by atoms with Gasteiger partial charge in [0.15, 0.2) is 0 Å². The summed E-state index contributed by atoms with van der Waals surface area (Å²) in [5, 5.41) is 0. The molecule has 2 N–H and O–H groups in total. The van der Waals surface area contributed by atoms with E-state index in [1.807, 2.05) is 11.8 Å². The maximum Gasteiger partial charge on any atom is 0.0634 e. The zero-order valence-electron chi connectivity index (χ0n) is 8.37. The van der Waals surface area contributed by atoms with Crippen molar-refractivity contribution in [3.63, 3.8) is 0 Å². The van der Waals surface area contributed by atoms with Crippen molar-refractivity contribution in [2.24, 2.45) is 5.73 Å². The third kappa shape index (κ3) is 3.85. The standard InChI is InChI=1S/C9H20N2OS/c1-13-6-2-3-11-4-5-12-8-9(11)7-10/h9H,2-8,10H2,1H3. The molecule has 1 aliphatic rings. The second kappa shape index (κ2) is 6.65. The number of hydrogen-bond acceptors (Lipinski definition) is 4. The lowest BCUT2D eigenvalue weighted by Gasteiger charge is -2.34. The highest BCUT2D eigenvalue weighted by atomic mass is 32.2. The van der Waals surface area contributed by atoms with Crippen molar-refractivity contribution in [2.75, 3.05) is 44.9 Å². The normalized spacial score (nSPS) is 24.9. The Balaban J connectivity index is 2.19. The molecule has 0 aliphatic carbocycles. The quantitative estimate of drug-likeness (QED) is 0.658. The molecule has 78 valence electrons. The van der Waals surface area contributed by atoms with Gasteiger partial charge in [-0.05, 0) is 25.0 Å². The number of nitrogens with two attached hydrogens (primary N) is 1. The summed E-state index contributed by atoms with van der Waals surface area (Å²) in [4.78, 5) is 2.46. The highest BCUT2D eigenvalue weighted by Gasteiger charge is 2.20. The average molecular weight is 204 g/mol. The Hall–Kier alpha value is 0.230. The molecule has 0 bridgehead atoms. The van der Waals surface area contributed by atoms with Gasteiger partial charge >= 0.3 is 0 Å². The van der Waals surface area contributed by atoms with Crippen LogP contribution in [0, 0.1) is 0 Å². The van der Waals surface area contributed by atoms with E-state index in [-0.39, 0.29) is 0 Å². The van der Waals surface area contributed by atoms with Crippen LogP contribution in [-0.4, -0.2) is 55.8 Å². The van der Waals surface area contributed by atoms with Crippen LogP contribution in [0.3, 0.4) is 0 Å². The molecule has 1 aliphatic heterocycles. The van der Waals surface area contributed by atoms with E-state index >= 15 is 0 Å². The average Bonchev–Trinajstić information content (AvgIpc) is 2.19. The van der Waals surface area contributed by atoms with Crippen LogP contribution in [0.5, 0.6) is 0 Å². The summed E-state index contributed by atoms with van der Waals surface area (Å²) in [6.07, 6.45) is 3.41. The molecule has 1 atom stereocenters. The molecule has 4 heteroatoms. The minimum absolute atomic E-state index is 0.454. The van der Waals surface area contributed by atoms with E-state index in [0.29, 0.717) is 6.04 Å². The van der Waals surface area contributed by atoms with Crippen molar-refractivity contribution >= 4 is 11.8 Å². The fourth-order valence-electron chi connectivity index (χ4n) is 1.61. The molecule has 1 unspecified atom stereocenters. The number of morpholine rings is 1. The molecule has 0 saturated carbocycles. The van der Waals surface area contributed by atoms with Crippen LogP contribution < -0.4 is 5.73 Å². The number of nitrogens with zero attached hydrogens (tertiary/aromatic N) is 1. The summed E-state index contributed by atoms with van der Waals surface area (Å²) in [7, 11) is 0. The number of rotatable bonds is 5. The largest absolute Gasteiger partial charge is 0.378 e. The van der Waals surface area contributed by atoms with Crippen LogP contribution in [-0.2, 0) is 4.74 Å². The SMILES string of the molecule is CSCCCN1CCOCC1CN. The van der Waals surface area contributed by atoms with Crippen LogP contribution >= 0.6 is 11.8 Å². The first-order chi connectivity index (χ1) is 6.38. The van der Waals surface area contributed by atoms with Crippen molar-refractivity contribution in [2.45, 2.75) is 12.5 Å². The summed E-state index contributed by atoms with van der Waals surface area (Å²) in [5.74, 6) is 1.24. The first-order valence-electron chi connectivity index (χ1n) is 4.89. The van der Waals surface area contributed by atoms with Crippen molar-refractivity contribution in [3.8, 4) is 0 Å². The van der Waals surface area contributed by atoms with E-state index in [1.165, 1.54) is 18.7 Å². The van der Waals surface area contributed by atoms with Crippen LogP contribution in [0.2, 0.25) is 0 Å². The van der Waals surface area contributed by atoms with Gasteiger partial charge < -0.3 is 10.5 Å². The van der Waals surface area contributed by atoms with Gasteiger partial charge in [0.25, 0.3) is 0 Å². The lowest BCUT2D eigenvalue weighted by atomic mass is 10.2. The predicted molar refractivity (Wildman–Crippen MR) is 58.2 cm³/mol. The Morgan fingerprint density at radius 2 is 2.46 bits per heavy atom. The predicted octanol–water partition coefficient (Wildman–Crippen LogP) is 0.399. The molecule has 1 saturated heterocycles. The van der Waals surface area contributed by atoms with Crippen LogP contribution in [0.4, 0.5) is 0 Å². The maximum absolute atomic E-state index is 5.67. The molecule has 3 nitrogen and oxygen atoms in total. The molecule has 0 amide bonds. The zero-order valence-corrected chi connectivity index (χ0v) is 9.18. The number of ether oxygens (including phenoxy) is 1. The fourth-order valence-corrected chi connectivity index (χ4v) is 2.03. The van der Waals surface area contributed by atoms with Crippen molar-refractivity contribution in [1.82, 2.24) is 4.90 Å². The highest BCUT2D eigenvalue weighted by Crippen LogP contribution is 2.07. The fraction of sp³-hybridized carbons (Fsp3) is 1.00. The summed E-state index contributed by atoms with van der Waals surface area (Å²) in [5.41, 5.74) is 5.67. The molecule has 0 aromatic rings. The van der Waals surface area contributed by atoms with E-state index in [9.17, 15) is 0 Å². The monoisotopic (exact) mass is 204 g/mol. The highest BCUT2D eigenvalue weighted by molar-refractivity contribution is 7.98. The van der Waals surface area contributed by atoms with Gasteiger partial charge in [0.05, 0.1) is 13.2 Å². The second-order valence-electron chi connectivity index (χ2n) is 3.35. The summed E-state index contributed by atoms with van der Waals surface area (Å²) in [6, 6.07) is 0.454. The minimum atomic E-state index is 0.454. The smallest absolute Gasteiger partial charge is 0.0634 e. The van der Waals surface area contributed by atoms with Gasteiger partial charge in [0.1, 0.15) is 0 Å². The zero-order chi connectivity index (χ0) is 9.52. The lowest BCUT2D eigenvalue weighted by molar-refractivity contribution is -0.00351. The van der Waals surface area contributed by atoms with Crippen molar-refractivity contribution < 1.29 is 4.74 Å². The van der Waals surface area contributed by atoms with Crippen LogP contribution in [0.15, 0.2) is 0 Å². The molecule has 13 heavy (non-hydrogen) atoms. The van der Waals surface area contributed by atoms with Gasteiger partial charge in [-0.25, -0.2) is 0 Å². The van der Waals surface area contributed by atoms with E-state index in [2.05, 4.69) is 11.2 Å². The molecule has 0 aromatic carbocycles. The van der Waals surface area contributed by atoms with E-state index < -0.39 is 0 Å². The molecular formula is C9H20N2OS. The first-order valence-corrected chi connectivity index (χ1v) is 6.28.